The Bertz CT molecular complexity index is 42.5. The van der Waals surface area contributed by atoms with E-state index in [4.69, 9.17) is 0 Å². The smallest absolute Gasteiger partial charge is 0.200 e. The molecule has 0 aromatic carbocycles. The minimum atomic E-state index is -1.45. The summed E-state index contributed by atoms with van der Waals surface area (Å²) < 4.78 is 22.6. The monoisotopic (exact) mass is 121 g/mol. The highest BCUT2D eigenvalue weighted by atomic mass is 19.3. The van der Waals surface area contributed by atoms with E-state index in [2.05, 4.69) is 0 Å². The predicted octanol–water partition coefficient (Wildman–Crippen LogP) is 2.85. The molecular weight excluding hydrogens is 110 g/mol. The number of rotatable bonds is 3. The molecule has 0 saturated carbocycles. The molecule has 49 valence electrons. The Morgan fingerprint density at radius 3 is 2.00 bits per heavy atom. The van der Waals surface area contributed by atoms with Crippen LogP contribution in [0.3, 0.4) is 0 Å². The predicted molar refractivity (Wildman–Crippen MR) is 29.5 cm³/mol. The van der Waals surface area contributed by atoms with Crippen molar-refractivity contribution in [3.05, 3.63) is 6.43 Å². The highest BCUT2D eigenvalue weighted by molar-refractivity contribution is 4.59. The molecule has 0 N–H and O–H groups in total. The quantitative estimate of drug-likeness (QED) is 0.538. The molecule has 0 aromatic rings. The van der Waals surface area contributed by atoms with Crippen molar-refractivity contribution in [3.63, 3.8) is 0 Å². The van der Waals surface area contributed by atoms with Gasteiger partial charge in [-0.05, 0) is 12.3 Å². The molecule has 0 unspecified atom stereocenters. The van der Waals surface area contributed by atoms with Gasteiger partial charge in [-0.2, -0.15) is 8.78 Å². The molecular formula is C6H11F2. The average molecular weight is 121 g/mol. The molecule has 0 aliphatic carbocycles. The van der Waals surface area contributed by atoms with Crippen LogP contribution >= 0.6 is 0 Å². The van der Waals surface area contributed by atoms with Crippen molar-refractivity contribution in [1.29, 1.82) is 0 Å². The molecule has 0 aliphatic heterocycles. The first kappa shape index (κ1) is 7.86. The zero-order valence-electron chi connectivity index (χ0n) is 5.25. The lowest BCUT2D eigenvalue weighted by molar-refractivity contribution is 0.257. The van der Waals surface area contributed by atoms with E-state index in [0.717, 1.165) is 0 Å². The first-order valence-electron chi connectivity index (χ1n) is 2.79. The van der Waals surface area contributed by atoms with Crippen LogP contribution < -0.4 is 0 Å². The van der Waals surface area contributed by atoms with E-state index in [1.807, 2.05) is 13.8 Å². The van der Waals surface area contributed by atoms with Crippen LogP contribution in [0.4, 0.5) is 8.78 Å². The Kier molecular flexibility index (Phi) is 3.75. The normalized spacial score (nSPS) is 11.2. The molecule has 0 bridgehead atoms. The fourth-order valence-electron chi connectivity index (χ4n) is 0.398. The van der Waals surface area contributed by atoms with Crippen molar-refractivity contribution < 1.29 is 8.78 Å². The Balaban J connectivity index is 2.93. The van der Waals surface area contributed by atoms with E-state index >= 15 is 0 Å². The van der Waals surface area contributed by atoms with Crippen LogP contribution in [0, 0.1) is 12.3 Å². The zero-order valence-corrected chi connectivity index (χ0v) is 5.25. The molecule has 0 rings (SSSR count). The topological polar surface area (TPSA) is 0 Å². The first-order chi connectivity index (χ1) is 3.63. The lowest BCUT2D eigenvalue weighted by Crippen LogP contribution is -1.88. The molecule has 0 aliphatic rings. The lowest BCUT2D eigenvalue weighted by Gasteiger charge is -1.99. The minimum Gasteiger partial charge on any atom is -0.200 e. The molecule has 0 atom stereocenters. The Morgan fingerprint density at radius 2 is 1.88 bits per heavy atom. The molecule has 0 saturated heterocycles. The van der Waals surface area contributed by atoms with E-state index in [9.17, 15) is 8.78 Å². The van der Waals surface area contributed by atoms with E-state index in [1.165, 1.54) is 0 Å². The van der Waals surface area contributed by atoms with Gasteiger partial charge in [0.05, 0.1) is 0 Å². The van der Waals surface area contributed by atoms with Gasteiger partial charge < -0.3 is 0 Å². The second-order valence-electron chi connectivity index (χ2n) is 2.27. The van der Waals surface area contributed by atoms with Crippen molar-refractivity contribution in [2.45, 2.75) is 26.7 Å². The molecule has 1 radical (unpaired) electrons. The molecule has 0 nitrogen and oxygen atoms in total. The second kappa shape index (κ2) is 3.81. The average Bonchev–Trinajstić information content (AvgIpc) is 1.61. The molecule has 2 heteroatoms. The minimum absolute atomic E-state index is 0.0301. The van der Waals surface area contributed by atoms with Gasteiger partial charge in [-0.1, -0.05) is 13.8 Å². The van der Waals surface area contributed by atoms with Crippen molar-refractivity contribution >= 4 is 0 Å². The summed E-state index contributed by atoms with van der Waals surface area (Å²) in [5.41, 5.74) is 0. The van der Waals surface area contributed by atoms with Gasteiger partial charge in [-0.3, -0.25) is 0 Å². The zero-order chi connectivity index (χ0) is 6.57. The van der Waals surface area contributed by atoms with Gasteiger partial charge >= 0.3 is 6.43 Å². The van der Waals surface area contributed by atoms with E-state index in [0.29, 0.717) is 12.3 Å². The third-order valence-corrected chi connectivity index (χ3v) is 0.911. The summed E-state index contributed by atoms with van der Waals surface area (Å²) in [6.07, 6.45) is -0.876. The Labute approximate surface area is 48.9 Å². The SMILES string of the molecule is CC(C)CC[C](F)F. The van der Waals surface area contributed by atoms with Gasteiger partial charge in [0.15, 0.2) is 0 Å². The first-order valence-corrected chi connectivity index (χ1v) is 2.79. The molecule has 0 spiro atoms. The largest absolute Gasteiger partial charge is 0.310 e. The number of halogens is 2. The number of hydrogen-bond acceptors (Lipinski definition) is 0. The van der Waals surface area contributed by atoms with Crippen LogP contribution in [0.5, 0.6) is 0 Å². The van der Waals surface area contributed by atoms with Gasteiger partial charge in [0, 0.05) is 6.42 Å². The van der Waals surface area contributed by atoms with E-state index < -0.39 is 6.43 Å². The van der Waals surface area contributed by atoms with Crippen LogP contribution in [-0.4, -0.2) is 0 Å². The number of hydrogen-bond donors (Lipinski definition) is 0. The maximum atomic E-state index is 11.3. The van der Waals surface area contributed by atoms with Crippen LogP contribution in [0.2, 0.25) is 0 Å². The van der Waals surface area contributed by atoms with Gasteiger partial charge in [0.25, 0.3) is 0 Å². The molecule has 0 aromatic heterocycles. The Morgan fingerprint density at radius 1 is 1.38 bits per heavy atom. The third-order valence-electron chi connectivity index (χ3n) is 0.911. The summed E-state index contributed by atoms with van der Waals surface area (Å²) in [5.74, 6) is 0.386. The maximum absolute atomic E-state index is 11.3. The fourth-order valence-corrected chi connectivity index (χ4v) is 0.398. The summed E-state index contributed by atoms with van der Waals surface area (Å²) in [6.45, 7) is 3.87. The van der Waals surface area contributed by atoms with E-state index in [1.54, 1.807) is 0 Å². The van der Waals surface area contributed by atoms with Crippen molar-refractivity contribution in [1.82, 2.24) is 0 Å². The molecule has 8 heavy (non-hydrogen) atoms. The second-order valence-corrected chi connectivity index (χ2v) is 2.27. The van der Waals surface area contributed by atoms with Crippen LogP contribution in [-0.2, 0) is 0 Å². The summed E-state index contributed by atoms with van der Waals surface area (Å²) in [5, 5.41) is 0. The fraction of sp³-hybridized carbons (Fsp3) is 0.833. The summed E-state index contributed by atoms with van der Waals surface area (Å²) >= 11 is 0. The van der Waals surface area contributed by atoms with E-state index in [-0.39, 0.29) is 6.42 Å². The highest BCUT2D eigenvalue weighted by Gasteiger charge is 2.04. The summed E-state index contributed by atoms with van der Waals surface area (Å²) in [7, 11) is 0. The van der Waals surface area contributed by atoms with Crippen LogP contribution in [0.25, 0.3) is 0 Å². The van der Waals surface area contributed by atoms with Crippen LogP contribution in [0.1, 0.15) is 26.7 Å². The summed E-state index contributed by atoms with van der Waals surface area (Å²) in [4.78, 5) is 0. The highest BCUT2D eigenvalue weighted by Crippen LogP contribution is 2.15. The maximum Gasteiger partial charge on any atom is 0.310 e. The van der Waals surface area contributed by atoms with Gasteiger partial charge in [-0.25, -0.2) is 0 Å². The van der Waals surface area contributed by atoms with Gasteiger partial charge in [-0.15, -0.1) is 0 Å². The van der Waals surface area contributed by atoms with Gasteiger partial charge in [0.2, 0.25) is 0 Å². The Hall–Kier alpha value is -0.140. The third kappa shape index (κ3) is 5.86. The van der Waals surface area contributed by atoms with Crippen molar-refractivity contribution in [3.8, 4) is 0 Å². The lowest BCUT2D eigenvalue weighted by atomic mass is 10.1. The van der Waals surface area contributed by atoms with Crippen molar-refractivity contribution in [2.24, 2.45) is 5.92 Å². The van der Waals surface area contributed by atoms with Gasteiger partial charge in [0.1, 0.15) is 0 Å². The molecule has 0 fully saturated rings. The van der Waals surface area contributed by atoms with Crippen molar-refractivity contribution in [2.75, 3.05) is 0 Å². The molecule has 0 heterocycles. The summed E-state index contributed by atoms with van der Waals surface area (Å²) in [6, 6.07) is 0. The standard InChI is InChI=1S/C6H11F2/c1-5(2)3-4-6(7)8/h5H,3-4H2,1-2H3. The molecule has 0 amide bonds. The van der Waals surface area contributed by atoms with Crippen LogP contribution in [0.15, 0.2) is 0 Å².